The lowest BCUT2D eigenvalue weighted by Gasteiger charge is -2.18. The van der Waals surface area contributed by atoms with Crippen molar-refractivity contribution in [2.45, 2.75) is 39.7 Å². The molecule has 1 amide bonds. The molecule has 1 atom stereocenters. The Kier molecular flexibility index (Phi) is 7.94. The largest absolute Gasteiger partial charge is 0.493 e. The number of carboxylic acid groups (broad SMARTS) is 1. The lowest BCUT2D eigenvalue weighted by atomic mass is 10.1. The molecule has 0 bridgehead atoms. The third kappa shape index (κ3) is 7.04. The monoisotopic (exact) mass is 323 g/mol. The Hall–Kier alpha value is -2.24. The lowest BCUT2D eigenvalue weighted by Crippen LogP contribution is -2.46. The van der Waals surface area contributed by atoms with Crippen LogP contribution in [-0.4, -0.2) is 36.2 Å². The molecule has 0 heterocycles. The highest BCUT2D eigenvalue weighted by molar-refractivity contribution is 5.84. The molecule has 1 aromatic rings. The molecule has 6 heteroatoms. The summed E-state index contributed by atoms with van der Waals surface area (Å²) < 4.78 is 11.0. The van der Waals surface area contributed by atoms with E-state index in [0.29, 0.717) is 18.1 Å². The molecule has 0 spiro atoms. The van der Waals surface area contributed by atoms with Crippen LogP contribution in [0.4, 0.5) is 0 Å². The average Bonchev–Trinajstić information content (AvgIpc) is 2.50. The summed E-state index contributed by atoms with van der Waals surface area (Å²) >= 11 is 0. The highest BCUT2D eigenvalue weighted by atomic mass is 16.5. The number of rotatable bonds is 10. The first-order chi connectivity index (χ1) is 10.9. The van der Waals surface area contributed by atoms with Crippen molar-refractivity contribution >= 4 is 11.9 Å². The fraction of sp³-hybridized carbons (Fsp3) is 0.529. The maximum Gasteiger partial charge on any atom is 0.326 e. The molecule has 0 aliphatic carbocycles. The van der Waals surface area contributed by atoms with Gasteiger partial charge in [0.2, 0.25) is 0 Å². The minimum absolute atomic E-state index is 0.202. The number of amides is 1. The van der Waals surface area contributed by atoms with E-state index in [1.807, 2.05) is 6.07 Å². The second-order valence-electron chi connectivity index (χ2n) is 5.59. The normalized spacial score (nSPS) is 11.8. The smallest absolute Gasteiger partial charge is 0.326 e. The highest BCUT2D eigenvalue weighted by Crippen LogP contribution is 2.19. The molecule has 0 aliphatic heterocycles. The third-order valence-corrected chi connectivity index (χ3v) is 3.19. The molecule has 0 saturated carbocycles. The number of carbonyl (C=O) groups is 2. The first kappa shape index (κ1) is 18.8. The summed E-state index contributed by atoms with van der Waals surface area (Å²) in [6.45, 7) is 5.95. The fourth-order valence-corrected chi connectivity index (χ4v) is 1.87. The van der Waals surface area contributed by atoms with Gasteiger partial charge >= 0.3 is 5.97 Å². The van der Waals surface area contributed by atoms with Gasteiger partial charge in [0.15, 0.2) is 6.61 Å². The molecule has 0 radical (unpaired) electrons. The first-order valence-corrected chi connectivity index (χ1v) is 7.81. The van der Waals surface area contributed by atoms with Crippen LogP contribution in [0.2, 0.25) is 0 Å². The fourth-order valence-electron chi connectivity index (χ4n) is 1.87. The van der Waals surface area contributed by atoms with Crippen LogP contribution in [-0.2, 0) is 9.59 Å². The molecule has 0 saturated heterocycles. The van der Waals surface area contributed by atoms with Crippen LogP contribution < -0.4 is 14.8 Å². The van der Waals surface area contributed by atoms with E-state index in [9.17, 15) is 9.59 Å². The van der Waals surface area contributed by atoms with Gasteiger partial charge in [-0.15, -0.1) is 0 Å². The molecular weight excluding hydrogens is 298 g/mol. The van der Waals surface area contributed by atoms with Crippen molar-refractivity contribution in [2.24, 2.45) is 5.92 Å². The van der Waals surface area contributed by atoms with Gasteiger partial charge in [0.05, 0.1) is 6.61 Å². The Morgan fingerprint density at radius 2 is 1.87 bits per heavy atom. The summed E-state index contributed by atoms with van der Waals surface area (Å²) in [6, 6.07) is 6.11. The summed E-state index contributed by atoms with van der Waals surface area (Å²) in [5.74, 6) is -0.539. The van der Waals surface area contributed by atoms with Crippen LogP contribution in [0, 0.1) is 5.92 Å². The Balaban J connectivity index is 2.49. The van der Waals surface area contributed by atoms with E-state index in [1.165, 1.54) is 0 Å². The van der Waals surface area contributed by atoms with Gasteiger partial charge in [-0.25, -0.2) is 4.79 Å². The van der Waals surface area contributed by atoms with Gasteiger partial charge in [0.1, 0.15) is 17.5 Å². The van der Waals surface area contributed by atoms with E-state index in [1.54, 1.807) is 32.0 Å². The number of aliphatic carboxylic acids is 1. The summed E-state index contributed by atoms with van der Waals surface area (Å²) in [6.07, 6.45) is 2.02. The summed E-state index contributed by atoms with van der Waals surface area (Å²) in [5, 5.41) is 11.5. The number of hydrogen-bond donors (Lipinski definition) is 2. The van der Waals surface area contributed by atoms with Crippen LogP contribution in [0.5, 0.6) is 11.5 Å². The first-order valence-electron chi connectivity index (χ1n) is 7.81. The predicted molar refractivity (Wildman–Crippen MR) is 86.7 cm³/mol. The van der Waals surface area contributed by atoms with Crippen molar-refractivity contribution in [3.05, 3.63) is 24.3 Å². The molecule has 6 nitrogen and oxygen atoms in total. The van der Waals surface area contributed by atoms with Crippen LogP contribution in [0.3, 0.4) is 0 Å². The van der Waals surface area contributed by atoms with E-state index in [0.717, 1.165) is 12.8 Å². The van der Waals surface area contributed by atoms with Crippen LogP contribution in [0.25, 0.3) is 0 Å². The minimum Gasteiger partial charge on any atom is -0.493 e. The second kappa shape index (κ2) is 9.71. The number of carbonyl (C=O) groups excluding carboxylic acids is 1. The molecule has 128 valence electrons. The van der Waals surface area contributed by atoms with Gasteiger partial charge in [0, 0.05) is 6.07 Å². The number of unbranched alkanes of at least 4 members (excludes halogenated alkanes) is 1. The van der Waals surface area contributed by atoms with Crippen LogP contribution in [0.15, 0.2) is 24.3 Å². The quantitative estimate of drug-likeness (QED) is 0.646. The van der Waals surface area contributed by atoms with E-state index >= 15 is 0 Å². The molecule has 1 rings (SSSR count). The molecule has 23 heavy (non-hydrogen) atoms. The van der Waals surface area contributed by atoms with Crippen molar-refractivity contribution in [1.29, 1.82) is 0 Å². The Morgan fingerprint density at radius 1 is 1.22 bits per heavy atom. The number of hydrogen-bond acceptors (Lipinski definition) is 4. The number of nitrogens with one attached hydrogen (secondary N) is 1. The van der Waals surface area contributed by atoms with Crippen molar-refractivity contribution in [3.63, 3.8) is 0 Å². The zero-order valence-electron chi connectivity index (χ0n) is 13.9. The number of ether oxygens (including phenoxy) is 2. The number of benzene rings is 1. The van der Waals surface area contributed by atoms with Crippen molar-refractivity contribution in [3.8, 4) is 11.5 Å². The molecule has 1 aromatic carbocycles. The zero-order chi connectivity index (χ0) is 17.2. The lowest BCUT2D eigenvalue weighted by molar-refractivity contribution is -0.143. The van der Waals surface area contributed by atoms with Crippen molar-refractivity contribution in [2.75, 3.05) is 13.2 Å². The van der Waals surface area contributed by atoms with Gasteiger partial charge in [-0.2, -0.15) is 0 Å². The zero-order valence-corrected chi connectivity index (χ0v) is 13.9. The summed E-state index contributed by atoms with van der Waals surface area (Å²) in [5.41, 5.74) is 0. The number of carboxylic acids is 1. The summed E-state index contributed by atoms with van der Waals surface area (Å²) in [7, 11) is 0. The van der Waals surface area contributed by atoms with Gasteiger partial charge in [-0.05, 0) is 24.5 Å². The van der Waals surface area contributed by atoms with Crippen LogP contribution in [0.1, 0.15) is 33.6 Å². The Labute approximate surface area is 136 Å². The van der Waals surface area contributed by atoms with Gasteiger partial charge in [-0.3, -0.25) is 4.79 Å². The van der Waals surface area contributed by atoms with Gasteiger partial charge in [-0.1, -0.05) is 33.3 Å². The molecule has 0 aromatic heterocycles. The van der Waals surface area contributed by atoms with E-state index in [-0.39, 0.29) is 12.5 Å². The topological polar surface area (TPSA) is 84.9 Å². The van der Waals surface area contributed by atoms with E-state index < -0.39 is 17.9 Å². The Bertz CT molecular complexity index is 515. The van der Waals surface area contributed by atoms with Gasteiger partial charge < -0.3 is 19.9 Å². The maximum absolute atomic E-state index is 11.8. The maximum atomic E-state index is 11.8. The highest BCUT2D eigenvalue weighted by Gasteiger charge is 2.23. The standard InChI is InChI=1S/C17H25NO5/c1-4-5-9-22-13-7-6-8-14(10-13)23-11-15(19)18-16(12(2)3)17(20)21/h6-8,10,12,16H,4-5,9,11H2,1-3H3,(H,18,19)(H,20,21). The average molecular weight is 323 g/mol. The summed E-state index contributed by atoms with van der Waals surface area (Å²) in [4.78, 5) is 22.8. The Morgan fingerprint density at radius 3 is 2.43 bits per heavy atom. The van der Waals surface area contributed by atoms with Crippen LogP contribution >= 0.6 is 0 Å². The third-order valence-electron chi connectivity index (χ3n) is 3.19. The molecule has 0 fully saturated rings. The van der Waals surface area contributed by atoms with E-state index in [2.05, 4.69) is 12.2 Å². The minimum atomic E-state index is -1.06. The van der Waals surface area contributed by atoms with Gasteiger partial charge in [0.25, 0.3) is 5.91 Å². The van der Waals surface area contributed by atoms with Crippen molar-refractivity contribution in [1.82, 2.24) is 5.32 Å². The second-order valence-corrected chi connectivity index (χ2v) is 5.59. The predicted octanol–water partition coefficient (Wildman–Crippen LogP) is 2.47. The SMILES string of the molecule is CCCCOc1cccc(OCC(=O)NC(C(=O)O)C(C)C)c1. The molecule has 0 aliphatic rings. The molecular formula is C17H25NO5. The van der Waals surface area contributed by atoms with E-state index in [4.69, 9.17) is 14.6 Å². The molecule has 1 unspecified atom stereocenters. The molecule has 2 N–H and O–H groups in total. The van der Waals surface area contributed by atoms with Crippen molar-refractivity contribution < 1.29 is 24.2 Å².